The Morgan fingerprint density at radius 3 is 2.62 bits per heavy atom. The van der Waals surface area contributed by atoms with E-state index in [1.54, 1.807) is 17.8 Å². The minimum Gasteiger partial charge on any atom is -0.335 e. The number of carbonyl (C=O) groups excluding carboxylic acids is 1. The first-order valence-electron chi connectivity index (χ1n) is 5.39. The Balaban J connectivity index is 2.51. The molecule has 0 fully saturated rings. The van der Waals surface area contributed by atoms with Gasteiger partial charge < -0.3 is 4.90 Å². The zero-order valence-electron chi connectivity index (χ0n) is 9.78. The molecule has 1 aromatic carbocycles. The number of carbonyl (C=O) groups is 1. The number of benzene rings is 1. The highest BCUT2D eigenvalue weighted by Gasteiger charge is 2.24. The highest BCUT2D eigenvalue weighted by molar-refractivity contribution is 8.03. The largest absolute Gasteiger partial charge is 0.335 e. The predicted molar refractivity (Wildman–Crippen MR) is 68.9 cm³/mol. The quantitative estimate of drug-likeness (QED) is 0.577. The summed E-state index contributed by atoms with van der Waals surface area (Å²) >= 11 is 1.67. The Morgan fingerprint density at radius 1 is 1.31 bits per heavy atom. The Hall–Kier alpha value is -1.22. The van der Waals surface area contributed by atoms with Gasteiger partial charge in [0.1, 0.15) is 6.29 Å². The summed E-state index contributed by atoms with van der Waals surface area (Å²) in [5.41, 5.74) is 3.82. The molecule has 0 atom stereocenters. The number of nitrogens with zero attached hydrogens (tertiary/aromatic N) is 1. The van der Waals surface area contributed by atoms with Crippen molar-refractivity contribution < 1.29 is 4.79 Å². The summed E-state index contributed by atoms with van der Waals surface area (Å²) in [6.45, 7) is 7.23. The van der Waals surface area contributed by atoms with Crippen molar-refractivity contribution in [3.05, 3.63) is 34.4 Å². The molecule has 0 unspecified atom stereocenters. The van der Waals surface area contributed by atoms with Gasteiger partial charge in [-0.25, -0.2) is 0 Å². The first-order chi connectivity index (χ1) is 7.67. The lowest BCUT2D eigenvalue weighted by Gasteiger charge is -2.18. The standard InChI is InChI=1S/C13H15NOS/c1-4-14-11-7-9(2)10(3)8-12(11)16-13(14)5-6-15/h5-8H,4H2,1-3H3/b13-5+. The van der Waals surface area contributed by atoms with Gasteiger partial charge in [-0.15, -0.1) is 0 Å². The van der Waals surface area contributed by atoms with Gasteiger partial charge in [-0.3, -0.25) is 4.79 Å². The Bertz CT molecular complexity index is 465. The average Bonchev–Trinajstić information content (AvgIpc) is 2.56. The van der Waals surface area contributed by atoms with E-state index < -0.39 is 0 Å². The average molecular weight is 233 g/mol. The van der Waals surface area contributed by atoms with Gasteiger partial charge in [0.05, 0.1) is 10.7 Å². The molecule has 0 spiro atoms. The molecule has 1 aromatic rings. The van der Waals surface area contributed by atoms with Gasteiger partial charge in [0.2, 0.25) is 0 Å². The van der Waals surface area contributed by atoms with E-state index in [-0.39, 0.29) is 0 Å². The van der Waals surface area contributed by atoms with Crippen molar-refractivity contribution in [3.63, 3.8) is 0 Å². The molecule has 0 radical (unpaired) electrons. The van der Waals surface area contributed by atoms with Crippen LogP contribution in [0.4, 0.5) is 5.69 Å². The van der Waals surface area contributed by atoms with E-state index in [1.807, 2.05) is 0 Å². The number of thioether (sulfide) groups is 1. The van der Waals surface area contributed by atoms with Gasteiger partial charge in [0.25, 0.3) is 0 Å². The van der Waals surface area contributed by atoms with E-state index in [2.05, 4.69) is 37.8 Å². The van der Waals surface area contributed by atoms with Crippen LogP contribution >= 0.6 is 11.8 Å². The fourth-order valence-electron chi connectivity index (χ4n) is 1.86. The highest BCUT2D eigenvalue weighted by Crippen LogP contribution is 2.46. The second-order valence-electron chi connectivity index (χ2n) is 3.89. The summed E-state index contributed by atoms with van der Waals surface area (Å²) in [6.07, 6.45) is 2.50. The summed E-state index contributed by atoms with van der Waals surface area (Å²) in [6, 6.07) is 4.40. The minimum atomic E-state index is 0.858. The third-order valence-electron chi connectivity index (χ3n) is 2.87. The van der Waals surface area contributed by atoms with Gasteiger partial charge in [-0.05, 0) is 44.0 Å². The van der Waals surface area contributed by atoms with Crippen molar-refractivity contribution in [1.82, 2.24) is 0 Å². The van der Waals surface area contributed by atoms with E-state index in [9.17, 15) is 4.79 Å². The molecule has 1 heterocycles. The number of aryl methyl sites for hydroxylation is 2. The molecule has 3 heteroatoms. The van der Waals surface area contributed by atoms with Gasteiger partial charge in [-0.1, -0.05) is 11.8 Å². The molecule has 2 rings (SSSR count). The number of rotatable bonds is 2. The Labute approximate surface area is 100 Å². The minimum absolute atomic E-state index is 0.858. The van der Waals surface area contributed by atoms with Crippen molar-refractivity contribution in [1.29, 1.82) is 0 Å². The number of allylic oxidation sites excluding steroid dienone is 1. The van der Waals surface area contributed by atoms with Crippen LogP contribution in [0.3, 0.4) is 0 Å². The summed E-state index contributed by atoms with van der Waals surface area (Å²) in [5.74, 6) is 0. The van der Waals surface area contributed by atoms with Crippen LogP contribution in [0.15, 0.2) is 28.1 Å². The summed E-state index contributed by atoms with van der Waals surface area (Å²) in [7, 11) is 0. The van der Waals surface area contributed by atoms with Gasteiger partial charge in [-0.2, -0.15) is 0 Å². The van der Waals surface area contributed by atoms with Crippen molar-refractivity contribution >= 4 is 23.7 Å². The number of hydrogen-bond acceptors (Lipinski definition) is 3. The first-order valence-corrected chi connectivity index (χ1v) is 6.21. The second-order valence-corrected chi connectivity index (χ2v) is 4.95. The lowest BCUT2D eigenvalue weighted by atomic mass is 10.1. The molecule has 0 N–H and O–H groups in total. The number of aldehydes is 1. The lowest BCUT2D eigenvalue weighted by molar-refractivity contribution is -0.104. The zero-order valence-corrected chi connectivity index (χ0v) is 10.6. The van der Waals surface area contributed by atoms with E-state index in [0.717, 1.165) is 17.9 Å². The van der Waals surface area contributed by atoms with Crippen LogP contribution in [0, 0.1) is 13.8 Å². The predicted octanol–water partition coefficient (Wildman–Crippen LogP) is 3.28. The van der Waals surface area contributed by atoms with E-state index in [4.69, 9.17) is 0 Å². The van der Waals surface area contributed by atoms with E-state index in [1.165, 1.54) is 21.7 Å². The van der Waals surface area contributed by atoms with Crippen LogP contribution in [0.5, 0.6) is 0 Å². The smallest absolute Gasteiger partial charge is 0.145 e. The monoisotopic (exact) mass is 233 g/mol. The fraction of sp³-hybridized carbons (Fsp3) is 0.308. The van der Waals surface area contributed by atoms with Crippen LogP contribution < -0.4 is 4.90 Å². The highest BCUT2D eigenvalue weighted by atomic mass is 32.2. The first kappa shape index (κ1) is 11.3. The molecular weight excluding hydrogens is 218 g/mol. The number of hydrogen-bond donors (Lipinski definition) is 0. The van der Waals surface area contributed by atoms with Crippen molar-refractivity contribution in [2.24, 2.45) is 0 Å². The zero-order chi connectivity index (χ0) is 11.7. The number of fused-ring (bicyclic) bond motifs is 1. The molecule has 0 saturated heterocycles. The van der Waals surface area contributed by atoms with Crippen molar-refractivity contribution in [2.45, 2.75) is 25.7 Å². The Kier molecular flexibility index (Phi) is 3.06. The van der Waals surface area contributed by atoms with Gasteiger partial charge in [0, 0.05) is 17.5 Å². The maximum atomic E-state index is 10.6. The third-order valence-corrected chi connectivity index (χ3v) is 3.99. The molecule has 2 nitrogen and oxygen atoms in total. The van der Waals surface area contributed by atoms with E-state index in [0.29, 0.717) is 0 Å². The molecule has 0 saturated carbocycles. The molecular formula is C13H15NOS. The maximum Gasteiger partial charge on any atom is 0.145 e. The van der Waals surface area contributed by atoms with Crippen molar-refractivity contribution in [2.75, 3.05) is 11.4 Å². The SMILES string of the molecule is CCN1/C(=C\C=O)Sc2cc(C)c(C)cc21. The van der Waals surface area contributed by atoms with Gasteiger partial charge >= 0.3 is 0 Å². The van der Waals surface area contributed by atoms with Crippen LogP contribution in [-0.2, 0) is 4.79 Å². The number of anilines is 1. The molecule has 16 heavy (non-hydrogen) atoms. The van der Waals surface area contributed by atoms with Crippen LogP contribution in [0.1, 0.15) is 18.1 Å². The van der Waals surface area contributed by atoms with Crippen LogP contribution in [0.25, 0.3) is 0 Å². The van der Waals surface area contributed by atoms with Gasteiger partial charge in [0.15, 0.2) is 0 Å². The molecule has 1 aliphatic rings. The molecule has 0 aliphatic carbocycles. The molecule has 0 bridgehead atoms. The molecule has 0 amide bonds. The fourth-order valence-corrected chi connectivity index (χ4v) is 3.06. The van der Waals surface area contributed by atoms with Crippen LogP contribution in [0.2, 0.25) is 0 Å². The van der Waals surface area contributed by atoms with E-state index >= 15 is 0 Å². The summed E-state index contributed by atoms with van der Waals surface area (Å²) < 4.78 is 0. The lowest BCUT2D eigenvalue weighted by Crippen LogP contribution is -2.16. The summed E-state index contributed by atoms with van der Waals surface area (Å²) in [5, 5.41) is 1.03. The molecule has 84 valence electrons. The van der Waals surface area contributed by atoms with Crippen LogP contribution in [-0.4, -0.2) is 12.8 Å². The molecule has 1 aliphatic heterocycles. The third kappa shape index (κ3) is 1.76. The topological polar surface area (TPSA) is 20.3 Å². The van der Waals surface area contributed by atoms with Crippen molar-refractivity contribution in [3.8, 4) is 0 Å². The summed E-state index contributed by atoms with van der Waals surface area (Å²) in [4.78, 5) is 14.0. The molecule has 0 aromatic heterocycles. The maximum absolute atomic E-state index is 10.6. The second kappa shape index (κ2) is 4.34. The normalized spacial score (nSPS) is 16.7. The Morgan fingerprint density at radius 2 is 2.00 bits per heavy atom.